The lowest BCUT2D eigenvalue weighted by Crippen LogP contribution is -2.48. The van der Waals surface area contributed by atoms with Gasteiger partial charge in [0.05, 0.1) is 12.7 Å². The van der Waals surface area contributed by atoms with Crippen LogP contribution in [0.3, 0.4) is 0 Å². The first-order valence-corrected chi connectivity index (χ1v) is 7.01. The van der Waals surface area contributed by atoms with Crippen molar-refractivity contribution in [3.05, 3.63) is 0 Å². The first-order chi connectivity index (χ1) is 8.61. The molecule has 0 aromatic heterocycles. The third-order valence-corrected chi connectivity index (χ3v) is 2.51. The summed E-state index contributed by atoms with van der Waals surface area (Å²) in [5.41, 5.74) is 4.83. The number of aliphatic carboxylic acids is 1. The van der Waals surface area contributed by atoms with Gasteiger partial charge in [0.1, 0.15) is 6.04 Å². The highest BCUT2D eigenvalue weighted by Gasteiger charge is 2.21. The van der Waals surface area contributed by atoms with E-state index < -0.39 is 40.4 Å². The Morgan fingerprint density at radius 3 is 2.26 bits per heavy atom. The minimum absolute atomic E-state index is 0.0399. The van der Waals surface area contributed by atoms with Crippen LogP contribution in [0.25, 0.3) is 0 Å². The van der Waals surface area contributed by atoms with E-state index in [1.165, 1.54) is 0 Å². The molecule has 0 bridgehead atoms. The molecule has 1 unspecified atom stereocenters. The van der Waals surface area contributed by atoms with E-state index in [9.17, 15) is 22.8 Å². The fourth-order valence-electron chi connectivity index (χ4n) is 1.02. The van der Waals surface area contributed by atoms with Crippen LogP contribution in [0.1, 0.15) is 6.42 Å². The van der Waals surface area contributed by atoms with E-state index in [1.54, 1.807) is 0 Å². The van der Waals surface area contributed by atoms with Crippen molar-refractivity contribution in [3.8, 4) is 0 Å². The van der Waals surface area contributed by atoms with Gasteiger partial charge in [0, 0.05) is 13.1 Å². The van der Waals surface area contributed by atoms with E-state index in [2.05, 4.69) is 10.0 Å². The van der Waals surface area contributed by atoms with Gasteiger partial charge in [-0.1, -0.05) is 0 Å². The van der Waals surface area contributed by atoms with Crippen molar-refractivity contribution < 1.29 is 27.9 Å². The van der Waals surface area contributed by atoms with Gasteiger partial charge in [0.2, 0.25) is 15.9 Å². The maximum atomic E-state index is 11.2. The number of carbonyl (C=O) groups is 3. The first kappa shape index (κ1) is 17.1. The number of hydrogen-bond acceptors (Lipinski definition) is 5. The number of rotatable bonds is 8. The molecule has 0 aromatic carbocycles. The van der Waals surface area contributed by atoms with Gasteiger partial charge in [-0.25, -0.2) is 22.7 Å². The van der Waals surface area contributed by atoms with Gasteiger partial charge in [-0.15, -0.1) is 0 Å². The topological polar surface area (TPSA) is 168 Å². The van der Waals surface area contributed by atoms with Crippen LogP contribution in [0.2, 0.25) is 0 Å². The normalized spacial score (nSPS) is 12.5. The fourth-order valence-corrected chi connectivity index (χ4v) is 1.50. The zero-order valence-electron chi connectivity index (χ0n) is 10.2. The monoisotopic (exact) mass is 296 g/mol. The Bertz CT molecular complexity index is 448. The Kier molecular flexibility index (Phi) is 6.79. The zero-order chi connectivity index (χ0) is 15.1. The largest absolute Gasteiger partial charge is 0.480 e. The number of primary amides is 1. The van der Waals surface area contributed by atoms with Crippen molar-refractivity contribution in [1.29, 1.82) is 0 Å². The van der Waals surface area contributed by atoms with Crippen molar-refractivity contribution in [2.75, 3.05) is 19.3 Å². The third kappa shape index (κ3) is 9.79. The summed E-state index contributed by atoms with van der Waals surface area (Å²) in [6.45, 7) is -0.0817. The minimum Gasteiger partial charge on any atom is -0.480 e. The summed E-state index contributed by atoms with van der Waals surface area (Å²) in [4.78, 5) is 32.5. The first-order valence-electron chi connectivity index (χ1n) is 5.12. The summed E-state index contributed by atoms with van der Waals surface area (Å²) in [5, 5.41) is 12.9. The lowest BCUT2D eigenvalue weighted by atomic mass is 10.2. The van der Waals surface area contributed by atoms with E-state index in [1.807, 2.05) is 5.32 Å². The summed E-state index contributed by atoms with van der Waals surface area (Å²) in [7, 11) is -3.35. The predicted octanol–water partition coefficient (Wildman–Crippen LogP) is -2.84. The SMILES string of the molecule is CS(=O)(=O)NCCNC(=O)NC(CC(N)=O)C(=O)O. The van der Waals surface area contributed by atoms with Gasteiger partial charge in [-0.3, -0.25) is 4.79 Å². The van der Waals surface area contributed by atoms with Crippen LogP contribution in [-0.2, 0) is 19.6 Å². The van der Waals surface area contributed by atoms with Crippen LogP contribution in [0.15, 0.2) is 0 Å². The number of hydrogen-bond donors (Lipinski definition) is 5. The molecule has 3 amide bonds. The Balaban J connectivity index is 4.07. The second kappa shape index (κ2) is 7.53. The number of carboxylic acids is 1. The summed E-state index contributed by atoms with van der Waals surface area (Å²) < 4.78 is 23.5. The molecular formula is C8H16N4O6S. The summed E-state index contributed by atoms with van der Waals surface area (Å²) in [5.74, 6) is -2.27. The van der Waals surface area contributed by atoms with Gasteiger partial charge in [0.25, 0.3) is 0 Å². The van der Waals surface area contributed by atoms with Crippen molar-refractivity contribution in [3.63, 3.8) is 0 Å². The number of nitrogens with two attached hydrogens (primary N) is 1. The number of nitrogens with one attached hydrogen (secondary N) is 3. The number of carboxylic acid groups (broad SMARTS) is 1. The summed E-state index contributed by atoms with van der Waals surface area (Å²) >= 11 is 0. The second-order valence-corrected chi connectivity index (χ2v) is 5.46. The van der Waals surface area contributed by atoms with Crippen LogP contribution in [0, 0.1) is 0 Å². The van der Waals surface area contributed by atoms with Crippen molar-refractivity contribution in [2.24, 2.45) is 5.73 Å². The molecule has 10 nitrogen and oxygen atoms in total. The molecule has 11 heteroatoms. The minimum atomic E-state index is -3.35. The van der Waals surface area contributed by atoms with Crippen LogP contribution in [0.4, 0.5) is 4.79 Å². The number of urea groups is 1. The molecule has 0 aliphatic carbocycles. The van der Waals surface area contributed by atoms with Crippen LogP contribution in [-0.4, -0.2) is 56.8 Å². The number of carbonyl (C=O) groups excluding carboxylic acids is 2. The Morgan fingerprint density at radius 1 is 1.26 bits per heavy atom. The van der Waals surface area contributed by atoms with Crippen molar-refractivity contribution in [2.45, 2.75) is 12.5 Å². The van der Waals surface area contributed by atoms with Gasteiger partial charge in [-0.05, 0) is 0 Å². The molecule has 6 N–H and O–H groups in total. The maximum Gasteiger partial charge on any atom is 0.326 e. The molecule has 110 valence electrons. The molecule has 0 saturated carbocycles. The smallest absolute Gasteiger partial charge is 0.326 e. The van der Waals surface area contributed by atoms with E-state index in [-0.39, 0.29) is 13.1 Å². The van der Waals surface area contributed by atoms with E-state index in [4.69, 9.17) is 10.8 Å². The fraction of sp³-hybridized carbons (Fsp3) is 0.625. The second-order valence-electron chi connectivity index (χ2n) is 3.63. The van der Waals surface area contributed by atoms with Crippen LogP contribution in [0.5, 0.6) is 0 Å². The molecule has 0 rings (SSSR count). The van der Waals surface area contributed by atoms with Gasteiger partial charge >= 0.3 is 12.0 Å². The molecule has 0 spiro atoms. The standard InChI is InChI=1S/C8H16N4O6S/c1-19(17,18)11-3-2-10-8(16)12-5(7(14)15)4-6(9)13/h5,11H,2-4H2,1H3,(H2,9,13)(H,14,15)(H2,10,12,16). The quantitative estimate of drug-likeness (QED) is 0.302. The highest BCUT2D eigenvalue weighted by molar-refractivity contribution is 7.88. The van der Waals surface area contributed by atoms with Gasteiger partial charge in [0.15, 0.2) is 0 Å². The average molecular weight is 296 g/mol. The molecule has 0 fully saturated rings. The molecule has 19 heavy (non-hydrogen) atoms. The maximum absolute atomic E-state index is 11.2. The van der Waals surface area contributed by atoms with Gasteiger partial charge < -0.3 is 21.5 Å². The molecule has 0 aliphatic rings. The summed E-state index contributed by atoms with van der Waals surface area (Å²) in [6, 6.07) is -2.27. The van der Waals surface area contributed by atoms with Crippen LogP contribution >= 0.6 is 0 Å². The highest BCUT2D eigenvalue weighted by Crippen LogP contribution is 1.91. The molecule has 0 radical (unpaired) electrons. The van der Waals surface area contributed by atoms with E-state index >= 15 is 0 Å². The molecule has 0 aliphatic heterocycles. The van der Waals surface area contributed by atoms with E-state index in [0.29, 0.717) is 0 Å². The van der Waals surface area contributed by atoms with Crippen LogP contribution < -0.4 is 21.1 Å². The van der Waals surface area contributed by atoms with Crippen molar-refractivity contribution >= 4 is 27.9 Å². The molecule has 0 saturated heterocycles. The van der Waals surface area contributed by atoms with E-state index in [0.717, 1.165) is 6.26 Å². The Morgan fingerprint density at radius 2 is 1.84 bits per heavy atom. The molecule has 0 heterocycles. The Labute approximate surface area is 109 Å². The lowest BCUT2D eigenvalue weighted by molar-refractivity contribution is -0.140. The number of sulfonamides is 1. The third-order valence-electron chi connectivity index (χ3n) is 1.78. The lowest BCUT2D eigenvalue weighted by Gasteiger charge is -2.13. The molecule has 0 aromatic rings. The average Bonchev–Trinajstić information content (AvgIpc) is 2.21. The van der Waals surface area contributed by atoms with Gasteiger partial charge in [-0.2, -0.15) is 0 Å². The zero-order valence-corrected chi connectivity index (χ0v) is 11.0. The molecule has 1 atom stereocenters. The Hall–Kier alpha value is -1.88. The highest BCUT2D eigenvalue weighted by atomic mass is 32.2. The van der Waals surface area contributed by atoms with Crippen molar-refractivity contribution in [1.82, 2.24) is 15.4 Å². The number of amides is 3. The summed E-state index contributed by atoms with van der Waals surface area (Å²) in [6.07, 6.45) is 0.421. The molecular weight excluding hydrogens is 280 g/mol. The predicted molar refractivity (Wildman–Crippen MR) is 64.6 cm³/mol.